The van der Waals surface area contributed by atoms with Crippen molar-refractivity contribution in [1.82, 2.24) is 4.57 Å². The lowest BCUT2D eigenvalue weighted by Crippen LogP contribution is -2.08. The predicted molar refractivity (Wildman–Crippen MR) is 108 cm³/mol. The first-order valence-corrected chi connectivity index (χ1v) is 9.44. The van der Waals surface area contributed by atoms with Crippen molar-refractivity contribution in [3.8, 4) is 11.6 Å². The molecule has 1 amide bonds. The number of aromatic hydroxyl groups is 1. The van der Waals surface area contributed by atoms with Crippen LogP contribution in [-0.2, 0) is 11.3 Å². The minimum absolute atomic E-state index is 0.00122. The van der Waals surface area contributed by atoms with Gasteiger partial charge >= 0.3 is 5.91 Å². The molecule has 0 aliphatic carbocycles. The third-order valence-electron chi connectivity index (χ3n) is 4.13. The number of rotatable bonds is 6. The smallest absolute Gasteiger partial charge is 0.302 e. The zero-order chi connectivity index (χ0) is 19.4. The van der Waals surface area contributed by atoms with Crippen molar-refractivity contribution < 1.29 is 14.6 Å². The number of hydrogen-bond acceptors (Lipinski definition) is 4. The molecule has 0 saturated carbocycles. The van der Waals surface area contributed by atoms with E-state index in [1.807, 2.05) is 50.2 Å². The molecule has 0 aliphatic heterocycles. The number of benzene rings is 2. The molecule has 1 heterocycles. The van der Waals surface area contributed by atoms with Gasteiger partial charge in [-0.25, -0.2) is 0 Å². The van der Waals surface area contributed by atoms with Crippen LogP contribution >= 0.6 is 15.9 Å². The molecule has 27 heavy (non-hydrogen) atoms. The van der Waals surface area contributed by atoms with Gasteiger partial charge in [-0.3, -0.25) is 4.79 Å². The Kier molecular flexibility index (Phi) is 5.91. The predicted octanol–water partition coefficient (Wildman–Crippen LogP) is 5.52. The van der Waals surface area contributed by atoms with Gasteiger partial charge < -0.3 is 14.4 Å². The third kappa shape index (κ3) is 4.19. The Morgan fingerprint density at radius 1 is 1.26 bits per heavy atom. The van der Waals surface area contributed by atoms with E-state index in [1.165, 1.54) is 0 Å². The molecule has 0 radical (unpaired) electrons. The number of carbonyl (C=O) groups excluding carboxylic acids is 1. The molecule has 0 fully saturated rings. The average Bonchev–Trinajstić information content (AvgIpc) is 2.90. The summed E-state index contributed by atoms with van der Waals surface area (Å²) in [5.74, 6) is 0.109. The van der Waals surface area contributed by atoms with Crippen LogP contribution in [0.3, 0.4) is 0 Å². The van der Waals surface area contributed by atoms with Gasteiger partial charge in [-0.2, -0.15) is 0 Å². The summed E-state index contributed by atoms with van der Waals surface area (Å²) < 4.78 is 8.11. The Balaban J connectivity index is 1.83. The molecule has 0 atom stereocenters. The summed E-state index contributed by atoms with van der Waals surface area (Å²) in [4.78, 5) is 12.1. The first-order valence-electron chi connectivity index (χ1n) is 8.65. The van der Waals surface area contributed by atoms with E-state index in [1.54, 1.807) is 10.6 Å². The fraction of sp³-hybridized carbons (Fsp3) is 0.250. The molecule has 0 bridgehead atoms. The summed E-state index contributed by atoms with van der Waals surface area (Å²) in [7, 11) is 0. The molecule has 2 aromatic carbocycles. The third-order valence-corrected chi connectivity index (χ3v) is 4.62. The zero-order valence-corrected chi connectivity index (χ0v) is 16.7. The fourth-order valence-corrected chi connectivity index (χ4v) is 3.20. The van der Waals surface area contributed by atoms with Crippen LogP contribution in [0, 0.1) is 6.92 Å². The lowest BCUT2D eigenvalue weighted by molar-refractivity contribution is -0.120. The fourth-order valence-electron chi connectivity index (χ4n) is 2.84. The van der Waals surface area contributed by atoms with Crippen LogP contribution in [-0.4, -0.2) is 22.2 Å². The van der Waals surface area contributed by atoms with Crippen molar-refractivity contribution in [2.24, 2.45) is 10.2 Å². The maximum Gasteiger partial charge on any atom is 0.302 e. The van der Waals surface area contributed by atoms with Crippen LogP contribution < -0.4 is 4.74 Å². The van der Waals surface area contributed by atoms with Crippen LogP contribution in [0.4, 0.5) is 5.69 Å². The number of halogens is 1. The van der Waals surface area contributed by atoms with Gasteiger partial charge in [0, 0.05) is 16.4 Å². The molecule has 1 N–H and O–H groups in total. The van der Waals surface area contributed by atoms with E-state index in [2.05, 4.69) is 26.2 Å². The van der Waals surface area contributed by atoms with E-state index >= 15 is 0 Å². The molecule has 0 unspecified atom stereocenters. The van der Waals surface area contributed by atoms with Crippen LogP contribution in [0.5, 0.6) is 11.6 Å². The number of aromatic nitrogens is 1. The Morgan fingerprint density at radius 2 is 2.04 bits per heavy atom. The highest BCUT2D eigenvalue weighted by Gasteiger charge is 2.17. The molecule has 0 saturated heterocycles. The minimum Gasteiger partial charge on any atom is -0.493 e. The molecule has 140 valence electrons. The SMILES string of the molecule is CCCn1c(O)c(N=NC(=O)COc2ccccc2C)c2cc(Br)ccc21. The van der Waals surface area contributed by atoms with E-state index in [0.29, 0.717) is 12.3 Å². The average molecular weight is 430 g/mol. The molecular formula is C20H20BrN3O3. The molecule has 7 heteroatoms. The highest BCUT2D eigenvalue weighted by atomic mass is 79.9. The van der Waals surface area contributed by atoms with Crippen molar-refractivity contribution in [2.45, 2.75) is 26.8 Å². The number of carbonyl (C=O) groups is 1. The number of nitrogens with zero attached hydrogens (tertiary/aromatic N) is 3. The monoisotopic (exact) mass is 429 g/mol. The van der Waals surface area contributed by atoms with E-state index < -0.39 is 5.91 Å². The van der Waals surface area contributed by atoms with Crippen molar-refractivity contribution >= 4 is 38.4 Å². The van der Waals surface area contributed by atoms with E-state index in [9.17, 15) is 9.90 Å². The summed E-state index contributed by atoms with van der Waals surface area (Å²) in [5, 5.41) is 19.0. The van der Waals surface area contributed by atoms with Crippen molar-refractivity contribution in [1.29, 1.82) is 0 Å². The van der Waals surface area contributed by atoms with E-state index in [0.717, 1.165) is 27.4 Å². The Bertz CT molecular complexity index is 1010. The molecule has 3 aromatic rings. The quantitative estimate of drug-likeness (QED) is 0.524. The molecule has 0 spiro atoms. The van der Waals surface area contributed by atoms with Crippen molar-refractivity contribution in [2.75, 3.05) is 6.61 Å². The normalized spacial score (nSPS) is 11.4. The van der Waals surface area contributed by atoms with Crippen LogP contribution in [0.15, 0.2) is 57.2 Å². The molecule has 3 rings (SSSR count). The second kappa shape index (κ2) is 8.35. The second-order valence-corrected chi connectivity index (χ2v) is 7.05. The van der Waals surface area contributed by atoms with E-state index in [-0.39, 0.29) is 18.2 Å². The minimum atomic E-state index is -0.524. The number of fused-ring (bicyclic) bond motifs is 1. The molecular weight excluding hydrogens is 410 g/mol. The Morgan fingerprint density at radius 3 is 2.78 bits per heavy atom. The summed E-state index contributed by atoms with van der Waals surface area (Å²) in [6.45, 7) is 4.35. The van der Waals surface area contributed by atoms with Gasteiger partial charge in [0.1, 0.15) is 5.75 Å². The van der Waals surface area contributed by atoms with Gasteiger partial charge in [0.2, 0.25) is 5.88 Å². The molecule has 6 nitrogen and oxygen atoms in total. The summed E-state index contributed by atoms with van der Waals surface area (Å²) in [6, 6.07) is 13.1. The molecule has 0 aliphatic rings. The molecule has 1 aromatic heterocycles. The number of amides is 1. The summed E-state index contributed by atoms with van der Waals surface area (Å²) >= 11 is 3.43. The van der Waals surface area contributed by atoms with Crippen molar-refractivity contribution in [3.63, 3.8) is 0 Å². The number of aryl methyl sites for hydroxylation is 2. The van der Waals surface area contributed by atoms with Gasteiger partial charge in [-0.05, 0) is 43.2 Å². The lowest BCUT2D eigenvalue weighted by Gasteiger charge is -2.05. The van der Waals surface area contributed by atoms with Gasteiger partial charge in [0.15, 0.2) is 12.3 Å². The Labute approximate surface area is 165 Å². The van der Waals surface area contributed by atoms with Gasteiger partial charge in [0.25, 0.3) is 0 Å². The topological polar surface area (TPSA) is 76.2 Å². The number of ether oxygens (including phenoxy) is 1. The number of hydrogen-bond donors (Lipinski definition) is 1. The number of para-hydroxylation sites is 1. The second-order valence-electron chi connectivity index (χ2n) is 6.13. The maximum absolute atomic E-state index is 12.1. The first-order chi connectivity index (χ1) is 13.0. The van der Waals surface area contributed by atoms with Crippen molar-refractivity contribution in [3.05, 3.63) is 52.5 Å². The summed E-state index contributed by atoms with van der Waals surface area (Å²) in [6.07, 6.45) is 0.854. The zero-order valence-electron chi connectivity index (χ0n) is 15.1. The highest BCUT2D eigenvalue weighted by molar-refractivity contribution is 9.10. The van der Waals surface area contributed by atoms with Gasteiger partial charge in [-0.1, -0.05) is 41.1 Å². The summed E-state index contributed by atoms with van der Waals surface area (Å²) in [5.41, 5.74) is 2.06. The first kappa shape index (κ1) is 19.1. The standard InChI is InChI=1S/C20H20BrN3O3/c1-3-10-24-16-9-8-14(21)11-15(16)19(20(24)26)23-22-18(25)12-27-17-7-5-4-6-13(17)2/h4-9,11,26H,3,10,12H2,1-2H3. The van der Waals surface area contributed by atoms with Crippen LogP contribution in [0.1, 0.15) is 18.9 Å². The lowest BCUT2D eigenvalue weighted by atomic mass is 10.2. The van der Waals surface area contributed by atoms with Crippen LogP contribution in [0.25, 0.3) is 10.9 Å². The van der Waals surface area contributed by atoms with Crippen LogP contribution in [0.2, 0.25) is 0 Å². The number of azo groups is 1. The van der Waals surface area contributed by atoms with E-state index in [4.69, 9.17) is 4.74 Å². The Hall–Kier alpha value is -2.67. The van der Waals surface area contributed by atoms with Gasteiger partial charge in [0.05, 0.1) is 5.52 Å². The largest absolute Gasteiger partial charge is 0.493 e. The van der Waals surface area contributed by atoms with Gasteiger partial charge in [-0.15, -0.1) is 10.2 Å². The highest BCUT2D eigenvalue weighted by Crippen LogP contribution is 2.40. The maximum atomic E-state index is 12.1.